The number of ether oxygens (including phenoxy) is 9. The molecule has 22 heteroatoms. The lowest BCUT2D eigenvalue weighted by atomic mass is 9.46. The molecular formula is C51H82O22. The predicted octanol–water partition coefficient (Wildman–Crippen LogP) is -2.06. The van der Waals surface area contributed by atoms with Crippen molar-refractivity contribution in [1.29, 1.82) is 0 Å². The summed E-state index contributed by atoms with van der Waals surface area (Å²) >= 11 is 0. The molecule has 0 bridgehead atoms. The Morgan fingerprint density at radius 2 is 1.23 bits per heavy atom. The Morgan fingerprint density at radius 3 is 1.86 bits per heavy atom. The van der Waals surface area contributed by atoms with E-state index in [-0.39, 0.29) is 41.3 Å². The Kier molecular flexibility index (Phi) is 16.6. The van der Waals surface area contributed by atoms with E-state index in [4.69, 9.17) is 42.6 Å². The van der Waals surface area contributed by atoms with E-state index in [1.54, 1.807) is 0 Å². The van der Waals surface area contributed by atoms with Crippen LogP contribution >= 0.6 is 0 Å². The van der Waals surface area contributed by atoms with Gasteiger partial charge in [0.25, 0.3) is 0 Å². The van der Waals surface area contributed by atoms with Crippen molar-refractivity contribution >= 4 is 0 Å². The molecule has 5 heterocycles. The van der Waals surface area contributed by atoms with Gasteiger partial charge in [0.05, 0.1) is 38.1 Å². The summed E-state index contributed by atoms with van der Waals surface area (Å²) in [5, 5.41) is 139. The Bertz CT molecular complexity index is 1960. The van der Waals surface area contributed by atoms with Crippen LogP contribution in [0.1, 0.15) is 92.9 Å². The Balaban J connectivity index is 0.875. The third-order valence-electron chi connectivity index (χ3n) is 18.9. The summed E-state index contributed by atoms with van der Waals surface area (Å²) in [7, 11) is 0. The molecule has 30 unspecified atom stereocenters. The highest BCUT2D eigenvalue weighted by atomic mass is 16.8. The van der Waals surface area contributed by atoms with Gasteiger partial charge in [-0.25, -0.2) is 0 Å². The van der Waals surface area contributed by atoms with E-state index < -0.39 is 148 Å². The zero-order chi connectivity index (χ0) is 52.8. The second kappa shape index (κ2) is 21.6. The molecule has 8 fully saturated rings. The molecule has 0 amide bonds. The molecule has 13 N–H and O–H groups in total. The van der Waals surface area contributed by atoms with Crippen molar-refractivity contribution < 1.29 is 109 Å². The van der Waals surface area contributed by atoms with Crippen molar-refractivity contribution in [3.05, 3.63) is 23.5 Å². The number of rotatable bonds is 13. The summed E-state index contributed by atoms with van der Waals surface area (Å²) in [5.41, 5.74) is -0.368. The van der Waals surface area contributed by atoms with Crippen LogP contribution in [-0.4, -0.2) is 227 Å². The highest BCUT2D eigenvalue weighted by molar-refractivity contribution is 5.29. The largest absolute Gasteiger partial charge is 0.492 e. The fourth-order valence-electron chi connectivity index (χ4n) is 14.6. The fraction of sp³-hybridized carbons (Fsp3) is 0.922. The molecule has 0 spiro atoms. The molecule has 4 aliphatic carbocycles. The molecule has 0 aromatic rings. The van der Waals surface area contributed by atoms with E-state index in [0.29, 0.717) is 36.9 Å². The van der Waals surface area contributed by atoms with Gasteiger partial charge in [-0.3, -0.25) is 0 Å². The molecule has 5 aliphatic heterocycles. The van der Waals surface area contributed by atoms with Crippen molar-refractivity contribution in [3.63, 3.8) is 0 Å². The SMILES string of the molecule is CC(CC=C1OC2CC3C4CC=C5CC(OC6OC(CO)C(O)C(OC7OC(C)C(O)C(O)C7O)C6OC6OC(C)C(O)C(O)C6O)CCC5(C)C4CCC3(C)C2C1(C)O)COC1OC(CO)C(O)C(O)C1O. The minimum absolute atomic E-state index is 0.100. The molecule has 73 heavy (non-hydrogen) atoms. The fourth-order valence-corrected chi connectivity index (χ4v) is 14.6. The van der Waals surface area contributed by atoms with Gasteiger partial charge in [0, 0.05) is 5.92 Å². The molecular weight excluding hydrogens is 965 g/mol. The van der Waals surface area contributed by atoms with Crippen LogP contribution in [0.4, 0.5) is 0 Å². The van der Waals surface area contributed by atoms with Gasteiger partial charge >= 0.3 is 0 Å². The highest BCUT2D eigenvalue weighted by Gasteiger charge is 2.69. The van der Waals surface area contributed by atoms with Gasteiger partial charge in [0.2, 0.25) is 0 Å². The first-order valence-electron chi connectivity index (χ1n) is 26.5. The molecule has 9 aliphatic rings. The van der Waals surface area contributed by atoms with Gasteiger partial charge < -0.3 is 109 Å². The average molecular weight is 1050 g/mol. The van der Waals surface area contributed by atoms with Crippen molar-refractivity contribution in [2.45, 2.75) is 234 Å². The minimum atomic E-state index is -1.78. The van der Waals surface area contributed by atoms with Gasteiger partial charge in [0.15, 0.2) is 25.2 Å². The summed E-state index contributed by atoms with van der Waals surface area (Å²) in [6.45, 7) is 10.3. The number of hydrogen-bond acceptors (Lipinski definition) is 22. The average Bonchev–Trinajstić information content (AvgIpc) is 3.82. The molecule has 30 atom stereocenters. The molecule has 0 radical (unpaired) electrons. The van der Waals surface area contributed by atoms with Gasteiger partial charge in [-0.15, -0.1) is 0 Å². The molecule has 3 saturated carbocycles. The first-order chi connectivity index (χ1) is 34.4. The minimum Gasteiger partial charge on any atom is -0.492 e. The van der Waals surface area contributed by atoms with Crippen molar-refractivity contribution in [2.75, 3.05) is 19.8 Å². The topological polar surface area (TPSA) is 346 Å². The van der Waals surface area contributed by atoms with Gasteiger partial charge in [0.1, 0.15) is 103 Å². The smallest absolute Gasteiger partial charge is 0.187 e. The van der Waals surface area contributed by atoms with Crippen LogP contribution in [0.15, 0.2) is 23.5 Å². The van der Waals surface area contributed by atoms with Gasteiger partial charge in [-0.05, 0) is 113 Å². The first kappa shape index (κ1) is 56.2. The van der Waals surface area contributed by atoms with Crippen LogP contribution in [0.3, 0.4) is 0 Å². The van der Waals surface area contributed by atoms with Crippen LogP contribution in [-0.2, 0) is 42.6 Å². The number of fused-ring (bicyclic) bond motifs is 7. The summed E-state index contributed by atoms with van der Waals surface area (Å²) < 4.78 is 54.9. The molecule has 22 nitrogen and oxygen atoms in total. The molecule has 9 rings (SSSR count). The van der Waals surface area contributed by atoms with E-state index in [1.807, 2.05) is 19.9 Å². The van der Waals surface area contributed by atoms with Crippen molar-refractivity contribution in [3.8, 4) is 0 Å². The maximum atomic E-state index is 12.4. The Morgan fingerprint density at radius 1 is 0.658 bits per heavy atom. The predicted molar refractivity (Wildman–Crippen MR) is 249 cm³/mol. The zero-order valence-electron chi connectivity index (χ0n) is 42.5. The number of aliphatic hydroxyl groups is 13. The van der Waals surface area contributed by atoms with Gasteiger partial charge in [-0.1, -0.05) is 32.4 Å². The lowest BCUT2D eigenvalue weighted by molar-refractivity contribution is -0.393. The first-order valence-corrected chi connectivity index (χ1v) is 26.5. The monoisotopic (exact) mass is 1050 g/mol. The second-order valence-electron chi connectivity index (χ2n) is 23.5. The summed E-state index contributed by atoms with van der Waals surface area (Å²) in [4.78, 5) is 0. The molecule has 0 aromatic carbocycles. The second-order valence-corrected chi connectivity index (χ2v) is 23.5. The maximum Gasteiger partial charge on any atom is 0.187 e. The van der Waals surface area contributed by atoms with Crippen LogP contribution in [0.5, 0.6) is 0 Å². The van der Waals surface area contributed by atoms with Crippen molar-refractivity contribution in [1.82, 2.24) is 0 Å². The molecule has 418 valence electrons. The standard InChI is InChI=1S/C51H82O22/c1-20(19-65-45-39(61)38(60)34(56)29(17-52)70-45)7-10-31-51(6,64)44-28(69-31)16-27-25-9-8-23-15-24(11-13-49(23,4)26(25)12-14-50(27,44)5)68-48-43(73-47-41(63)37(59)33(55)22(3)67-47)42(35(57)30(18-53)71-48)72-46-40(62)36(58)32(54)21(2)66-46/h8,10,20-22,24-30,32-48,52-64H,7,9,11-19H2,1-6H3. The maximum absolute atomic E-state index is 12.4. The number of hydrogen-bond donors (Lipinski definition) is 13. The van der Waals surface area contributed by atoms with E-state index >= 15 is 0 Å². The zero-order valence-corrected chi connectivity index (χ0v) is 42.5. The molecule has 0 aromatic heterocycles. The van der Waals surface area contributed by atoms with E-state index in [0.717, 1.165) is 32.1 Å². The Labute approximate surface area is 425 Å². The van der Waals surface area contributed by atoms with Crippen LogP contribution < -0.4 is 0 Å². The molecule has 5 saturated heterocycles. The van der Waals surface area contributed by atoms with Crippen LogP contribution in [0, 0.1) is 40.4 Å². The summed E-state index contributed by atoms with van der Waals surface area (Å²) in [5.74, 6) is 1.27. The summed E-state index contributed by atoms with van der Waals surface area (Å²) in [6.07, 6.45) is -19.7. The summed E-state index contributed by atoms with van der Waals surface area (Å²) in [6, 6.07) is 0. The van der Waals surface area contributed by atoms with Crippen LogP contribution in [0.25, 0.3) is 0 Å². The van der Waals surface area contributed by atoms with Crippen LogP contribution in [0.2, 0.25) is 0 Å². The lowest BCUT2D eigenvalue weighted by Crippen LogP contribution is -2.67. The van der Waals surface area contributed by atoms with E-state index in [1.165, 1.54) is 19.4 Å². The van der Waals surface area contributed by atoms with Gasteiger partial charge in [-0.2, -0.15) is 0 Å². The Hall–Kier alpha value is -1.56. The number of aliphatic hydroxyl groups excluding tert-OH is 12. The third kappa shape index (κ3) is 10.0. The van der Waals surface area contributed by atoms with E-state index in [2.05, 4.69) is 19.9 Å². The number of allylic oxidation sites excluding steroid dienone is 2. The van der Waals surface area contributed by atoms with Crippen molar-refractivity contribution in [2.24, 2.45) is 40.4 Å². The normalized spacial score (nSPS) is 54.9. The third-order valence-corrected chi connectivity index (χ3v) is 18.9. The highest BCUT2D eigenvalue weighted by Crippen LogP contribution is 2.70. The quantitative estimate of drug-likeness (QED) is 0.0882. The van der Waals surface area contributed by atoms with E-state index in [9.17, 15) is 66.4 Å². The lowest BCUT2D eigenvalue weighted by Gasteiger charge is -2.58.